The third kappa shape index (κ3) is 8.70. The lowest BCUT2D eigenvalue weighted by Gasteiger charge is -2.00. The highest BCUT2D eigenvalue weighted by Gasteiger charge is 2.08. The monoisotopic (exact) mass is 462 g/mol. The number of hydrogen-bond donors (Lipinski definition) is 2. The molecule has 0 aliphatic carbocycles. The van der Waals surface area contributed by atoms with Gasteiger partial charge in [-0.2, -0.15) is 0 Å². The lowest BCUT2D eigenvalue weighted by Crippen LogP contribution is -2.29. The minimum absolute atomic E-state index is 0.414. The molecule has 0 aliphatic heterocycles. The average molecular weight is 463 g/mol. The van der Waals surface area contributed by atoms with E-state index in [0.717, 1.165) is 4.47 Å². The quantitative estimate of drug-likeness (QED) is 0.428. The fraction of sp³-hybridized carbons (Fsp3) is 0.0833. The summed E-state index contributed by atoms with van der Waals surface area (Å²) in [5.74, 6) is 0. The molecular formula is C24H24BBrN2O2. The summed E-state index contributed by atoms with van der Waals surface area (Å²) in [5.41, 5.74) is 5.39. The van der Waals surface area contributed by atoms with Gasteiger partial charge < -0.3 is 10.0 Å². The standard InChI is InChI=1S/C12H11N.C7H7Br.C5H6BNO2/c1-10-4-2-5-11(8-10)12-6-3-7-13-9-12;1-6-3-2-4-7(8)5-6;8-6(9)5-2-1-3-7-4-5/h2-9H,1H3;2-5H,1H3;1-4,8-9H. The minimum Gasteiger partial charge on any atom is -0.423 e. The summed E-state index contributed by atoms with van der Waals surface area (Å²) in [7, 11) is -1.40. The number of pyridine rings is 2. The molecule has 4 rings (SSSR count). The van der Waals surface area contributed by atoms with Gasteiger partial charge in [-0.15, -0.1) is 0 Å². The molecule has 0 amide bonds. The molecule has 152 valence electrons. The van der Waals surface area contributed by atoms with Gasteiger partial charge in [0.1, 0.15) is 0 Å². The summed E-state index contributed by atoms with van der Waals surface area (Å²) >= 11 is 3.36. The molecule has 0 fully saturated rings. The Bertz CT molecular complexity index is 998. The Kier molecular flexibility index (Phi) is 9.94. The molecule has 2 N–H and O–H groups in total. The molecule has 0 spiro atoms. The molecule has 0 saturated carbocycles. The lowest BCUT2D eigenvalue weighted by atomic mass is 9.82. The van der Waals surface area contributed by atoms with Gasteiger partial charge in [-0.1, -0.05) is 75.6 Å². The van der Waals surface area contributed by atoms with E-state index in [1.807, 2.05) is 24.4 Å². The van der Waals surface area contributed by atoms with Crippen molar-refractivity contribution in [1.82, 2.24) is 9.97 Å². The van der Waals surface area contributed by atoms with Gasteiger partial charge in [-0.25, -0.2) is 0 Å². The van der Waals surface area contributed by atoms with Crippen molar-refractivity contribution < 1.29 is 10.0 Å². The van der Waals surface area contributed by atoms with Crippen molar-refractivity contribution in [3.63, 3.8) is 0 Å². The number of hydrogen-bond acceptors (Lipinski definition) is 4. The van der Waals surface area contributed by atoms with E-state index >= 15 is 0 Å². The average Bonchev–Trinajstić information content (AvgIpc) is 2.76. The van der Waals surface area contributed by atoms with Gasteiger partial charge in [0.15, 0.2) is 0 Å². The summed E-state index contributed by atoms with van der Waals surface area (Å²) in [6.45, 7) is 4.17. The Morgan fingerprint density at radius 2 is 1.30 bits per heavy atom. The van der Waals surface area contributed by atoms with Crippen LogP contribution in [-0.2, 0) is 0 Å². The van der Waals surface area contributed by atoms with Crippen LogP contribution in [0.3, 0.4) is 0 Å². The van der Waals surface area contributed by atoms with Crippen LogP contribution in [0.5, 0.6) is 0 Å². The van der Waals surface area contributed by atoms with Crippen molar-refractivity contribution in [2.75, 3.05) is 0 Å². The van der Waals surface area contributed by atoms with Crippen LogP contribution < -0.4 is 5.46 Å². The van der Waals surface area contributed by atoms with Crippen LogP contribution in [-0.4, -0.2) is 27.1 Å². The van der Waals surface area contributed by atoms with Crippen LogP contribution >= 0.6 is 15.9 Å². The Hall–Kier alpha value is -2.80. The van der Waals surface area contributed by atoms with Crippen LogP contribution in [0.15, 0.2) is 102 Å². The van der Waals surface area contributed by atoms with Gasteiger partial charge in [0.2, 0.25) is 0 Å². The van der Waals surface area contributed by atoms with Gasteiger partial charge in [-0.3, -0.25) is 9.97 Å². The molecule has 4 nitrogen and oxygen atoms in total. The van der Waals surface area contributed by atoms with E-state index in [9.17, 15) is 0 Å². The minimum atomic E-state index is -1.40. The highest BCUT2D eigenvalue weighted by atomic mass is 79.9. The number of nitrogens with zero attached hydrogens (tertiary/aromatic N) is 2. The zero-order chi connectivity index (χ0) is 21.8. The van der Waals surface area contributed by atoms with Crippen molar-refractivity contribution >= 4 is 28.5 Å². The molecule has 2 aromatic heterocycles. The molecule has 0 atom stereocenters. The topological polar surface area (TPSA) is 66.2 Å². The first-order chi connectivity index (χ1) is 14.5. The predicted octanol–water partition coefficient (Wildman–Crippen LogP) is 4.58. The summed E-state index contributed by atoms with van der Waals surface area (Å²) in [6.07, 6.45) is 6.66. The molecule has 0 saturated heterocycles. The van der Waals surface area contributed by atoms with E-state index in [0.29, 0.717) is 5.46 Å². The normalized spacial score (nSPS) is 9.50. The van der Waals surface area contributed by atoms with Gasteiger partial charge in [0.25, 0.3) is 0 Å². The fourth-order valence-electron chi connectivity index (χ4n) is 2.49. The van der Waals surface area contributed by atoms with E-state index in [1.54, 1.807) is 24.5 Å². The van der Waals surface area contributed by atoms with Crippen molar-refractivity contribution in [2.45, 2.75) is 13.8 Å². The maximum absolute atomic E-state index is 8.54. The second kappa shape index (κ2) is 12.7. The number of benzene rings is 2. The second-order valence-corrected chi connectivity index (χ2v) is 7.49. The van der Waals surface area contributed by atoms with E-state index in [-0.39, 0.29) is 0 Å². The van der Waals surface area contributed by atoms with Gasteiger partial charge in [0.05, 0.1) is 0 Å². The summed E-state index contributed by atoms with van der Waals surface area (Å²) < 4.78 is 1.15. The molecular weight excluding hydrogens is 439 g/mol. The molecule has 0 unspecified atom stereocenters. The van der Waals surface area contributed by atoms with Gasteiger partial charge in [-0.05, 0) is 49.2 Å². The maximum atomic E-state index is 8.54. The largest absolute Gasteiger partial charge is 0.490 e. The van der Waals surface area contributed by atoms with Crippen LogP contribution in [0.25, 0.3) is 11.1 Å². The van der Waals surface area contributed by atoms with E-state index < -0.39 is 7.12 Å². The first kappa shape index (κ1) is 23.5. The van der Waals surface area contributed by atoms with Crippen LogP contribution in [0, 0.1) is 13.8 Å². The Morgan fingerprint density at radius 1 is 0.700 bits per heavy atom. The maximum Gasteiger partial charge on any atom is 0.490 e. The smallest absolute Gasteiger partial charge is 0.423 e. The molecule has 2 aromatic carbocycles. The number of halogens is 1. The lowest BCUT2D eigenvalue weighted by molar-refractivity contribution is 0.425. The molecule has 0 radical (unpaired) electrons. The highest BCUT2D eigenvalue weighted by Crippen LogP contribution is 2.18. The molecule has 30 heavy (non-hydrogen) atoms. The Labute approximate surface area is 186 Å². The van der Waals surface area contributed by atoms with E-state index in [2.05, 4.69) is 82.2 Å². The fourth-order valence-corrected chi connectivity index (χ4v) is 3.01. The summed E-state index contributed by atoms with van der Waals surface area (Å²) in [4.78, 5) is 7.78. The molecule has 6 heteroatoms. The summed E-state index contributed by atoms with van der Waals surface area (Å²) in [5, 5.41) is 17.1. The highest BCUT2D eigenvalue weighted by molar-refractivity contribution is 9.10. The van der Waals surface area contributed by atoms with Crippen LogP contribution in [0.2, 0.25) is 0 Å². The van der Waals surface area contributed by atoms with Crippen molar-refractivity contribution in [1.29, 1.82) is 0 Å². The van der Waals surface area contributed by atoms with Gasteiger partial charge >= 0.3 is 7.12 Å². The Morgan fingerprint density at radius 3 is 1.73 bits per heavy atom. The van der Waals surface area contributed by atoms with E-state index in [4.69, 9.17) is 10.0 Å². The number of aromatic nitrogens is 2. The molecule has 0 bridgehead atoms. The third-order valence-corrected chi connectivity index (χ3v) is 4.47. The predicted molar refractivity (Wildman–Crippen MR) is 127 cm³/mol. The van der Waals surface area contributed by atoms with Crippen molar-refractivity contribution in [3.8, 4) is 11.1 Å². The van der Waals surface area contributed by atoms with E-state index in [1.165, 1.54) is 28.5 Å². The summed E-state index contributed by atoms with van der Waals surface area (Å²) in [6, 6.07) is 23.9. The SMILES string of the molecule is Cc1cccc(-c2cccnc2)c1.Cc1cccc(Br)c1.OB(O)c1cccnc1. The molecule has 4 aromatic rings. The molecule has 2 heterocycles. The Balaban J connectivity index is 0.000000167. The molecule has 0 aliphatic rings. The van der Waals surface area contributed by atoms with Gasteiger partial charge in [0, 0.05) is 34.7 Å². The zero-order valence-corrected chi connectivity index (χ0v) is 18.6. The number of aryl methyl sites for hydroxylation is 2. The number of rotatable bonds is 2. The third-order valence-electron chi connectivity index (χ3n) is 3.98. The van der Waals surface area contributed by atoms with Crippen molar-refractivity contribution in [2.24, 2.45) is 0 Å². The van der Waals surface area contributed by atoms with Crippen LogP contribution in [0.4, 0.5) is 0 Å². The van der Waals surface area contributed by atoms with Crippen molar-refractivity contribution in [3.05, 3.63) is 113 Å². The first-order valence-electron chi connectivity index (χ1n) is 9.41. The second-order valence-electron chi connectivity index (χ2n) is 6.57. The zero-order valence-electron chi connectivity index (χ0n) is 17.0. The van der Waals surface area contributed by atoms with Crippen LogP contribution in [0.1, 0.15) is 11.1 Å². The first-order valence-corrected chi connectivity index (χ1v) is 10.2.